The van der Waals surface area contributed by atoms with Crippen molar-refractivity contribution in [1.29, 1.82) is 0 Å². The second-order valence-corrected chi connectivity index (χ2v) is 5.21. The first-order chi connectivity index (χ1) is 8.32. The van der Waals surface area contributed by atoms with Gasteiger partial charge in [0.05, 0.1) is 10.6 Å². The first-order valence-corrected chi connectivity index (χ1v) is 6.51. The normalized spacial score (nSPS) is 11.1. The van der Waals surface area contributed by atoms with Gasteiger partial charge in [0.1, 0.15) is 10.1 Å². The number of carbonyl (C=O) groups excluding carboxylic acids is 1. The van der Waals surface area contributed by atoms with Crippen LogP contribution < -0.4 is 35.3 Å². The molecule has 0 heterocycles. The number of fused-ring (bicyclic) bond motifs is 1. The average molecular weight is 287 g/mol. The van der Waals surface area contributed by atoms with E-state index in [2.05, 4.69) is 0 Å². The second-order valence-electron chi connectivity index (χ2n) is 3.90. The number of nitrogen functional groups attached to an aromatic ring is 1. The van der Waals surface area contributed by atoms with E-state index in [-0.39, 0.29) is 46.4 Å². The molecule has 0 aliphatic rings. The zero-order valence-corrected chi connectivity index (χ0v) is 13.3. The quantitative estimate of drug-likeness (QED) is 0.315. The van der Waals surface area contributed by atoms with Crippen molar-refractivity contribution in [3.05, 3.63) is 35.9 Å². The molecule has 0 aliphatic carbocycles. The summed E-state index contributed by atoms with van der Waals surface area (Å²) in [5.74, 6) is -0.243. The van der Waals surface area contributed by atoms with Crippen molar-refractivity contribution in [2.45, 2.75) is 11.8 Å². The molecular formula is C12H10NNaO4S. The van der Waals surface area contributed by atoms with Crippen LogP contribution >= 0.6 is 0 Å². The van der Waals surface area contributed by atoms with E-state index < -0.39 is 15.0 Å². The van der Waals surface area contributed by atoms with Gasteiger partial charge in [0.2, 0.25) is 0 Å². The number of Topliss-reactive ketones (excluding diaryl/α,β-unsaturated/α-hetero) is 1. The van der Waals surface area contributed by atoms with Gasteiger partial charge >= 0.3 is 29.6 Å². The minimum absolute atomic E-state index is 0. The third kappa shape index (κ3) is 2.98. The summed E-state index contributed by atoms with van der Waals surface area (Å²) in [4.78, 5) is 11.0. The van der Waals surface area contributed by atoms with Crippen LogP contribution in [-0.4, -0.2) is 18.8 Å². The SMILES string of the molecule is CC(=O)c1cc(N)c(S(=O)(=O)[O-])c2ccccc12.[Na+]. The van der Waals surface area contributed by atoms with Crippen molar-refractivity contribution < 1.29 is 47.3 Å². The van der Waals surface area contributed by atoms with E-state index in [0.717, 1.165) is 0 Å². The average Bonchev–Trinajstić information content (AvgIpc) is 2.25. The summed E-state index contributed by atoms with van der Waals surface area (Å²) in [5, 5.41) is 0.589. The zero-order chi connectivity index (χ0) is 13.5. The maximum absolute atomic E-state index is 11.5. The van der Waals surface area contributed by atoms with Crippen molar-refractivity contribution in [1.82, 2.24) is 0 Å². The van der Waals surface area contributed by atoms with Gasteiger partial charge in [0.15, 0.2) is 5.78 Å². The maximum atomic E-state index is 11.5. The van der Waals surface area contributed by atoms with Crippen LogP contribution in [0.25, 0.3) is 10.8 Å². The molecule has 0 bridgehead atoms. The van der Waals surface area contributed by atoms with Gasteiger partial charge in [0.25, 0.3) is 0 Å². The van der Waals surface area contributed by atoms with Crippen LogP contribution in [0.4, 0.5) is 5.69 Å². The van der Waals surface area contributed by atoms with E-state index in [9.17, 15) is 17.8 Å². The molecular weight excluding hydrogens is 277 g/mol. The molecule has 0 unspecified atom stereocenters. The minimum Gasteiger partial charge on any atom is -0.744 e. The molecule has 94 valence electrons. The molecule has 0 aliphatic heterocycles. The maximum Gasteiger partial charge on any atom is 1.00 e. The standard InChI is InChI=1S/C12H11NO4S.Na/c1-7(14)10-6-11(13)12(18(15,16)17)9-5-3-2-4-8(9)10;/h2-6H,13H2,1H3,(H,15,16,17);/q;+1/p-1. The van der Waals surface area contributed by atoms with Crippen LogP contribution in [0.5, 0.6) is 0 Å². The fourth-order valence-corrected chi connectivity index (χ4v) is 2.74. The predicted molar refractivity (Wildman–Crippen MR) is 66.3 cm³/mol. The number of nitrogens with two attached hydrogens (primary N) is 1. The number of carbonyl (C=O) groups is 1. The van der Waals surface area contributed by atoms with Gasteiger partial charge in [-0.05, 0) is 18.4 Å². The minimum atomic E-state index is -4.69. The van der Waals surface area contributed by atoms with Gasteiger partial charge in [-0.25, -0.2) is 8.42 Å². The van der Waals surface area contributed by atoms with Crippen LogP contribution in [0.15, 0.2) is 35.2 Å². The Morgan fingerprint density at radius 3 is 2.21 bits per heavy atom. The summed E-state index contributed by atoms with van der Waals surface area (Å²) in [7, 11) is -4.69. The van der Waals surface area contributed by atoms with Crippen molar-refractivity contribution >= 4 is 32.4 Å². The van der Waals surface area contributed by atoms with Gasteiger partial charge in [0, 0.05) is 10.9 Å². The molecule has 0 saturated carbocycles. The molecule has 7 heteroatoms. The Morgan fingerprint density at radius 2 is 1.74 bits per heavy atom. The number of hydrogen-bond acceptors (Lipinski definition) is 5. The number of ketones is 1. The Bertz CT molecular complexity index is 756. The van der Waals surface area contributed by atoms with E-state index in [4.69, 9.17) is 5.73 Å². The molecule has 0 amide bonds. The molecule has 0 spiro atoms. The van der Waals surface area contributed by atoms with E-state index in [1.165, 1.54) is 19.1 Å². The molecule has 2 N–H and O–H groups in total. The van der Waals surface area contributed by atoms with Gasteiger partial charge in [-0.2, -0.15) is 0 Å². The molecule has 0 fully saturated rings. The summed E-state index contributed by atoms with van der Waals surface area (Å²) >= 11 is 0. The van der Waals surface area contributed by atoms with Crippen LogP contribution in [0.2, 0.25) is 0 Å². The summed E-state index contributed by atoms with van der Waals surface area (Å²) in [6, 6.07) is 7.52. The van der Waals surface area contributed by atoms with Crippen LogP contribution in [0, 0.1) is 0 Å². The molecule has 5 nitrogen and oxygen atoms in total. The molecule has 0 atom stereocenters. The number of hydrogen-bond donors (Lipinski definition) is 1. The summed E-state index contributed by atoms with van der Waals surface area (Å²) in [6.45, 7) is 1.35. The van der Waals surface area contributed by atoms with Gasteiger partial charge < -0.3 is 10.3 Å². The van der Waals surface area contributed by atoms with Crippen molar-refractivity contribution in [2.24, 2.45) is 0 Å². The van der Waals surface area contributed by atoms with E-state index in [0.29, 0.717) is 10.9 Å². The van der Waals surface area contributed by atoms with Gasteiger partial charge in [-0.1, -0.05) is 24.3 Å². The first kappa shape index (κ1) is 16.1. The first-order valence-electron chi connectivity index (χ1n) is 5.10. The molecule has 0 saturated heterocycles. The number of anilines is 1. The van der Waals surface area contributed by atoms with Gasteiger partial charge in [-0.3, -0.25) is 4.79 Å². The van der Waals surface area contributed by atoms with Crippen LogP contribution in [0.3, 0.4) is 0 Å². The second kappa shape index (κ2) is 5.60. The zero-order valence-electron chi connectivity index (χ0n) is 10.5. The number of benzene rings is 2. The fraction of sp³-hybridized carbons (Fsp3) is 0.0833. The fourth-order valence-electron chi connectivity index (χ4n) is 1.94. The monoisotopic (exact) mass is 287 g/mol. The largest absolute Gasteiger partial charge is 1.00 e. The van der Waals surface area contributed by atoms with E-state index in [1.54, 1.807) is 18.2 Å². The molecule has 2 rings (SSSR count). The predicted octanol–water partition coefficient (Wildman–Crippen LogP) is -1.47. The van der Waals surface area contributed by atoms with E-state index >= 15 is 0 Å². The molecule has 19 heavy (non-hydrogen) atoms. The van der Waals surface area contributed by atoms with Crippen LogP contribution in [-0.2, 0) is 10.1 Å². The Kier molecular flexibility index (Phi) is 4.76. The van der Waals surface area contributed by atoms with Crippen molar-refractivity contribution in [2.75, 3.05) is 5.73 Å². The molecule has 2 aromatic rings. The Hall–Kier alpha value is -0.920. The summed E-state index contributed by atoms with van der Waals surface area (Å²) < 4.78 is 33.7. The molecule has 0 radical (unpaired) electrons. The molecule has 2 aromatic carbocycles. The third-order valence-corrected chi connectivity index (χ3v) is 3.61. The topological polar surface area (TPSA) is 100 Å². The van der Waals surface area contributed by atoms with Crippen molar-refractivity contribution in [3.8, 4) is 0 Å². The van der Waals surface area contributed by atoms with Gasteiger partial charge in [-0.15, -0.1) is 0 Å². The molecule has 0 aromatic heterocycles. The third-order valence-electron chi connectivity index (χ3n) is 2.65. The Morgan fingerprint density at radius 1 is 1.21 bits per heavy atom. The Labute approximate surface area is 132 Å². The summed E-state index contributed by atoms with van der Waals surface area (Å²) in [5.41, 5.74) is 5.68. The number of rotatable bonds is 2. The Balaban J connectivity index is 0.00000180. The summed E-state index contributed by atoms with van der Waals surface area (Å²) in [6.07, 6.45) is 0. The smallest absolute Gasteiger partial charge is 0.744 e. The van der Waals surface area contributed by atoms with Crippen molar-refractivity contribution in [3.63, 3.8) is 0 Å². The van der Waals surface area contributed by atoms with Crippen LogP contribution in [0.1, 0.15) is 17.3 Å². The van der Waals surface area contributed by atoms with E-state index in [1.807, 2.05) is 0 Å².